The zero-order valence-electron chi connectivity index (χ0n) is 13.7. The van der Waals surface area contributed by atoms with Gasteiger partial charge in [0.2, 0.25) is 0 Å². The van der Waals surface area contributed by atoms with Gasteiger partial charge in [-0.15, -0.1) is 0 Å². The third-order valence-corrected chi connectivity index (χ3v) is 5.76. The van der Waals surface area contributed by atoms with Gasteiger partial charge in [-0.05, 0) is 25.8 Å². The van der Waals surface area contributed by atoms with Crippen molar-refractivity contribution >= 4 is 17.0 Å². The minimum atomic E-state index is -0.00349. The molecule has 1 spiro atoms. The molecule has 0 unspecified atom stereocenters. The lowest BCUT2D eigenvalue weighted by Gasteiger charge is -2.39. The van der Waals surface area contributed by atoms with E-state index in [4.69, 9.17) is 10.5 Å². The molecule has 2 aromatic heterocycles. The molecule has 5 rings (SSSR count). The van der Waals surface area contributed by atoms with Crippen LogP contribution in [0.4, 0.5) is 5.82 Å². The summed E-state index contributed by atoms with van der Waals surface area (Å²) in [4.78, 5) is 15.2. The molecule has 128 valence electrons. The van der Waals surface area contributed by atoms with Gasteiger partial charge in [0, 0.05) is 31.6 Å². The zero-order valence-corrected chi connectivity index (χ0v) is 13.7. The minimum Gasteiger partial charge on any atom is -0.382 e. The molecule has 3 N–H and O–H groups in total. The number of anilines is 1. The lowest BCUT2D eigenvalue weighted by atomic mass is 9.81. The number of nitrogens with zero attached hydrogens (tertiary/aromatic N) is 5. The maximum Gasteiger partial charge on any atom is 0.167 e. The molecule has 5 heterocycles. The van der Waals surface area contributed by atoms with Crippen molar-refractivity contribution in [1.82, 2.24) is 29.7 Å². The number of nitrogens with two attached hydrogens (primary N) is 1. The van der Waals surface area contributed by atoms with Crippen LogP contribution in [0.2, 0.25) is 0 Å². The van der Waals surface area contributed by atoms with Gasteiger partial charge in [-0.3, -0.25) is 4.57 Å². The molecule has 0 aliphatic carbocycles. The summed E-state index contributed by atoms with van der Waals surface area (Å²) >= 11 is 0. The van der Waals surface area contributed by atoms with Crippen LogP contribution >= 0.6 is 0 Å². The summed E-state index contributed by atoms with van der Waals surface area (Å²) in [5.41, 5.74) is 7.83. The van der Waals surface area contributed by atoms with E-state index in [1.807, 2.05) is 4.57 Å². The molecular formula is C16H23N7O. The first-order valence-corrected chi connectivity index (χ1v) is 8.74. The van der Waals surface area contributed by atoms with Crippen molar-refractivity contribution < 1.29 is 4.74 Å². The molecule has 2 aromatic rings. The summed E-state index contributed by atoms with van der Waals surface area (Å²) in [5, 5.41) is 3.41. The Hall–Kier alpha value is -1.77. The molecule has 3 fully saturated rings. The Morgan fingerprint density at radius 2 is 2.21 bits per heavy atom. The maximum atomic E-state index is 6.30. The van der Waals surface area contributed by atoms with Gasteiger partial charge in [-0.1, -0.05) is 0 Å². The van der Waals surface area contributed by atoms with Crippen molar-refractivity contribution in [3.05, 3.63) is 12.7 Å². The highest BCUT2D eigenvalue weighted by molar-refractivity contribution is 5.81. The number of nitrogen functional groups attached to an aromatic ring is 1. The number of hydrogen-bond acceptors (Lipinski definition) is 7. The fourth-order valence-corrected chi connectivity index (χ4v) is 4.35. The van der Waals surface area contributed by atoms with Gasteiger partial charge in [-0.25, -0.2) is 15.0 Å². The average Bonchev–Trinajstić information content (AvgIpc) is 3.24. The predicted molar refractivity (Wildman–Crippen MR) is 89.2 cm³/mol. The van der Waals surface area contributed by atoms with E-state index in [9.17, 15) is 0 Å². The molecule has 0 saturated carbocycles. The summed E-state index contributed by atoms with van der Waals surface area (Å²) in [6.07, 6.45) is 6.92. The number of ether oxygens (including phenoxy) is 1. The Morgan fingerprint density at radius 1 is 1.29 bits per heavy atom. The van der Waals surface area contributed by atoms with Crippen LogP contribution in [0.1, 0.15) is 25.5 Å². The van der Waals surface area contributed by atoms with Crippen molar-refractivity contribution in [2.45, 2.75) is 31.6 Å². The molecule has 0 radical (unpaired) electrons. The standard InChI is InChI=1S/C16H23N7O/c17-14-13-15(20-9-19-14)23(10-21-13)12-2-1-11(24-12)5-22-4-3-16(8-22)6-18-7-16/h9-12,18H,1-8H2,(H2,17,19,20)/t11-,12+/m0/s1. The second kappa shape index (κ2) is 5.37. The lowest BCUT2D eigenvalue weighted by molar-refractivity contribution is -0.0107. The fraction of sp³-hybridized carbons (Fsp3) is 0.688. The maximum absolute atomic E-state index is 6.30. The first kappa shape index (κ1) is 14.6. The molecule has 24 heavy (non-hydrogen) atoms. The monoisotopic (exact) mass is 329 g/mol. The third kappa shape index (κ3) is 2.28. The quantitative estimate of drug-likeness (QED) is 0.841. The molecule has 0 aromatic carbocycles. The number of aromatic nitrogens is 4. The topological polar surface area (TPSA) is 94.1 Å². The van der Waals surface area contributed by atoms with Gasteiger partial charge in [0.25, 0.3) is 0 Å². The first-order valence-electron chi connectivity index (χ1n) is 8.74. The highest BCUT2D eigenvalue weighted by Gasteiger charge is 2.43. The summed E-state index contributed by atoms with van der Waals surface area (Å²) in [6, 6.07) is 0. The Kier molecular flexibility index (Phi) is 3.26. The molecule has 3 saturated heterocycles. The van der Waals surface area contributed by atoms with Gasteiger partial charge in [0.05, 0.1) is 12.4 Å². The van der Waals surface area contributed by atoms with Crippen molar-refractivity contribution in [3.63, 3.8) is 0 Å². The largest absolute Gasteiger partial charge is 0.382 e. The van der Waals surface area contributed by atoms with Crippen LogP contribution in [0.5, 0.6) is 0 Å². The van der Waals surface area contributed by atoms with Crippen molar-refractivity contribution in [2.24, 2.45) is 5.41 Å². The number of nitrogens with one attached hydrogen (secondary N) is 1. The first-order chi connectivity index (χ1) is 11.7. The Labute approximate surface area is 140 Å². The van der Waals surface area contributed by atoms with E-state index in [1.54, 1.807) is 6.33 Å². The van der Waals surface area contributed by atoms with E-state index < -0.39 is 0 Å². The van der Waals surface area contributed by atoms with Crippen LogP contribution in [0, 0.1) is 5.41 Å². The minimum absolute atomic E-state index is 0.00349. The molecular weight excluding hydrogens is 306 g/mol. The third-order valence-electron chi connectivity index (χ3n) is 5.76. The number of rotatable bonds is 3. The number of imidazole rings is 1. The van der Waals surface area contributed by atoms with E-state index in [-0.39, 0.29) is 12.3 Å². The van der Waals surface area contributed by atoms with Gasteiger partial charge < -0.3 is 20.7 Å². The van der Waals surface area contributed by atoms with Crippen molar-refractivity contribution in [1.29, 1.82) is 0 Å². The Balaban J connectivity index is 1.26. The second-order valence-electron chi connectivity index (χ2n) is 7.46. The average molecular weight is 329 g/mol. The second-order valence-corrected chi connectivity index (χ2v) is 7.46. The normalized spacial score (nSPS) is 29.5. The lowest BCUT2D eigenvalue weighted by Crippen LogP contribution is -2.54. The van der Waals surface area contributed by atoms with Crippen LogP contribution in [0.25, 0.3) is 11.2 Å². The number of likely N-dealkylation sites (tertiary alicyclic amines) is 1. The molecule has 3 aliphatic heterocycles. The molecule has 8 heteroatoms. The summed E-state index contributed by atoms with van der Waals surface area (Å²) in [6.45, 7) is 5.80. The molecule has 3 aliphatic rings. The fourth-order valence-electron chi connectivity index (χ4n) is 4.35. The summed E-state index contributed by atoms with van der Waals surface area (Å²) in [7, 11) is 0. The Morgan fingerprint density at radius 3 is 3.00 bits per heavy atom. The molecule has 0 bridgehead atoms. The van der Waals surface area contributed by atoms with Crippen LogP contribution in [-0.4, -0.2) is 63.2 Å². The highest BCUT2D eigenvalue weighted by Crippen LogP contribution is 2.36. The van der Waals surface area contributed by atoms with E-state index in [0.29, 0.717) is 16.7 Å². The summed E-state index contributed by atoms with van der Waals surface area (Å²) < 4.78 is 8.29. The highest BCUT2D eigenvalue weighted by atomic mass is 16.5. The van der Waals surface area contributed by atoms with Gasteiger partial charge in [0.15, 0.2) is 11.5 Å². The molecule has 2 atom stereocenters. The van der Waals surface area contributed by atoms with Gasteiger partial charge in [-0.2, -0.15) is 0 Å². The van der Waals surface area contributed by atoms with E-state index in [2.05, 4.69) is 25.2 Å². The Bertz CT molecular complexity index is 756. The number of hydrogen-bond donors (Lipinski definition) is 2. The van der Waals surface area contributed by atoms with Crippen LogP contribution in [0.15, 0.2) is 12.7 Å². The molecule has 8 nitrogen and oxygen atoms in total. The predicted octanol–water partition coefficient (Wildman–Crippen LogP) is 0.381. The SMILES string of the molecule is Nc1ncnc2c1ncn2[C@H]1CC[C@@H](CN2CCC3(CNC3)C2)O1. The van der Waals surface area contributed by atoms with E-state index in [0.717, 1.165) is 25.0 Å². The van der Waals surface area contributed by atoms with Crippen LogP contribution in [0.3, 0.4) is 0 Å². The van der Waals surface area contributed by atoms with Gasteiger partial charge >= 0.3 is 0 Å². The van der Waals surface area contributed by atoms with E-state index in [1.165, 1.54) is 38.9 Å². The van der Waals surface area contributed by atoms with Gasteiger partial charge in [0.1, 0.15) is 18.1 Å². The van der Waals surface area contributed by atoms with Crippen LogP contribution in [-0.2, 0) is 4.74 Å². The smallest absolute Gasteiger partial charge is 0.167 e. The van der Waals surface area contributed by atoms with E-state index >= 15 is 0 Å². The number of fused-ring (bicyclic) bond motifs is 1. The molecule has 0 amide bonds. The van der Waals surface area contributed by atoms with Crippen molar-refractivity contribution in [3.8, 4) is 0 Å². The van der Waals surface area contributed by atoms with Crippen LogP contribution < -0.4 is 11.1 Å². The summed E-state index contributed by atoms with van der Waals surface area (Å²) in [5.74, 6) is 0.421. The zero-order chi connectivity index (χ0) is 16.1. The van der Waals surface area contributed by atoms with Crippen molar-refractivity contribution in [2.75, 3.05) is 38.5 Å².